The molecule has 1 atom stereocenters. The molecule has 2 aromatic rings. The van der Waals surface area contributed by atoms with E-state index in [9.17, 15) is 8.42 Å². The van der Waals surface area contributed by atoms with Gasteiger partial charge in [0, 0.05) is 19.6 Å². The van der Waals surface area contributed by atoms with E-state index in [-0.39, 0.29) is 11.8 Å². The number of amidine groups is 1. The number of para-hydroxylation sites is 1. The van der Waals surface area contributed by atoms with Crippen LogP contribution in [0.3, 0.4) is 0 Å². The molecule has 6 nitrogen and oxygen atoms in total. The number of sulfonamides is 1. The van der Waals surface area contributed by atoms with Crippen LogP contribution in [0.5, 0.6) is 11.5 Å². The van der Waals surface area contributed by atoms with Gasteiger partial charge in [-0.15, -0.1) is 4.40 Å². The average Bonchev–Trinajstić information content (AvgIpc) is 2.62. The maximum Gasteiger partial charge on any atom is 0.256 e. The van der Waals surface area contributed by atoms with Crippen molar-refractivity contribution >= 4 is 15.9 Å². The number of hydrogen-bond acceptors (Lipinski definition) is 5. The summed E-state index contributed by atoms with van der Waals surface area (Å²) in [5.41, 5.74) is 0.973. The van der Waals surface area contributed by atoms with Gasteiger partial charge < -0.3 is 15.0 Å². The standard InChI is InChI=1S/C18H19N3O3S/c22-25(23)13-12-21-11-10-19-17(18(21)20-25)14-6-8-16(9-7-14)24-15-4-2-1-3-5-15/h1-9,17,19H,10-13H2. The number of hydrogen-bond donors (Lipinski definition) is 1. The Morgan fingerprint density at radius 3 is 2.48 bits per heavy atom. The van der Waals surface area contributed by atoms with E-state index in [1.165, 1.54) is 0 Å². The molecule has 4 rings (SSSR count). The Kier molecular flexibility index (Phi) is 4.19. The van der Waals surface area contributed by atoms with Crippen LogP contribution in [0.1, 0.15) is 11.6 Å². The highest BCUT2D eigenvalue weighted by atomic mass is 32.2. The van der Waals surface area contributed by atoms with Crippen LogP contribution in [-0.2, 0) is 10.0 Å². The van der Waals surface area contributed by atoms with Gasteiger partial charge in [0.1, 0.15) is 17.3 Å². The molecule has 2 heterocycles. The van der Waals surface area contributed by atoms with Gasteiger partial charge in [0.05, 0.1) is 11.8 Å². The van der Waals surface area contributed by atoms with Crippen LogP contribution < -0.4 is 10.1 Å². The lowest BCUT2D eigenvalue weighted by Gasteiger charge is -2.38. The summed E-state index contributed by atoms with van der Waals surface area (Å²) in [6, 6.07) is 17.0. The van der Waals surface area contributed by atoms with Crippen molar-refractivity contribution in [3.63, 3.8) is 0 Å². The summed E-state index contributed by atoms with van der Waals surface area (Å²) in [4.78, 5) is 2.05. The van der Waals surface area contributed by atoms with Crippen LogP contribution in [0.4, 0.5) is 0 Å². The van der Waals surface area contributed by atoms with Crippen LogP contribution in [0.2, 0.25) is 0 Å². The highest BCUT2D eigenvalue weighted by Crippen LogP contribution is 2.27. The van der Waals surface area contributed by atoms with Gasteiger partial charge in [-0.25, -0.2) is 8.42 Å². The Morgan fingerprint density at radius 1 is 1.00 bits per heavy atom. The molecule has 0 spiro atoms. The predicted molar refractivity (Wildman–Crippen MR) is 96.5 cm³/mol. The molecule has 2 aliphatic heterocycles. The topological polar surface area (TPSA) is 71.0 Å². The number of piperazine rings is 1. The molecule has 0 aliphatic carbocycles. The summed E-state index contributed by atoms with van der Waals surface area (Å²) in [6.45, 7) is 2.08. The molecule has 2 aliphatic rings. The lowest BCUT2D eigenvalue weighted by atomic mass is 10.0. The number of nitrogens with zero attached hydrogens (tertiary/aromatic N) is 2. The molecule has 0 bridgehead atoms. The largest absolute Gasteiger partial charge is 0.457 e. The van der Waals surface area contributed by atoms with E-state index in [1.807, 2.05) is 54.6 Å². The molecular formula is C18H19N3O3S. The molecule has 1 N–H and O–H groups in total. The molecule has 2 aromatic carbocycles. The first-order valence-electron chi connectivity index (χ1n) is 8.24. The third-order valence-corrected chi connectivity index (χ3v) is 5.52. The summed E-state index contributed by atoms with van der Waals surface area (Å²) in [6.07, 6.45) is 0. The van der Waals surface area contributed by atoms with Crippen molar-refractivity contribution in [1.82, 2.24) is 10.2 Å². The number of benzene rings is 2. The van der Waals surface area contributed by atoms with E-state index in [2.05, 4.69) is 14.6 Å². The fraction of sp³-hybridized carbons (Fsp3) is 0.278. The van der Waals surface area contributed by atoms with E-state index in [0.717, 1.165) is 30.2 Å². The first-order chi connectivity index (χ1) is 12.1. The third-order valence-electron chi connectivity index (χ3n) is 4.36. The summed E-state index contributed by atoms with van der Waals surface area (Å²) in [7, 11) is -3.36. The van der Waals surface area contributed by atoms with Crippen LogP contribution >= 0.6 is 0 Å². The Labute approximate surface area is 147 Å². The minimum absolute atomic E-state index is 0.0904. The highest BCUT2D eigenvalue weighted by molar-refractivity contribution is 7.90. The lowest BCUT2D eigenvalue weighted by molar-refractivity contribution is 0.361. The van der Waals surface area contributed by atoms with Crippen LogP contribution in [0.15, 0.2) is 59.0 Å². The van der Waals surface area contributed by atoms with Crippen molar-refractivity contribution < 1.29 is 13.2 Å². The summed E-state index contributed by atoms with van der Waals surface area (Å²) in [5, 5.41) is 3.36. The van der Waals surface area contributed by atoms with Crippen molar-refractivity contribution in [3.8, 4) is 11.5 Å². The molecule has 7 heteroatoms. The Hall–Kier alpha value is -2.38. The van der Waals surface area contributed by atoms with Gasteiger partial charge in [0.2, 0.25) is 0 Å². The maximum atomic E-state index is 11.9. The molecule has 0 saturated carbocycles. The van der Waals surface area contributed by atoms with Crippen LogP contribution in [0.25, 0.3) is 0 Å². The van der Waals surface area contributed by atoms with Crippen molar-refractivity contribution in [1.29, 1.82) is 0 Å². The van der Waals surface area contributed by atoms with Crippen molar-refractivity contribution in [2.45, 2.75) is 6.04 Å². The minimum Gasteiger partial charge on any atom is -0.457 e. The summed E-state index contributed by atoms with van der Waals surface area (Å²) in [5.74, 6) is 2.20. The molecule has 1 fully saturated rings. The summed E-state index contributed by atoms with van der Waals surface area (Å²) >= 11 is 0. The van der Waals surface area contributed by atoms with Gasteiger partial charge in [0.25, 0.3) is 10.0 Å². The minimum atomic E-state index is -3.36. The molecule has 0 radical (unpaired) electrons. The van der Waals surface area contributed by atoms with Crippen LogP contribution in [0, 0.1) is 0 Å². The zero-order valence-corrected chi connectivity index (χ0v) is 14.4. The van der Waals surface area contributed by atoms with Gasteiger partial charge in [-0.3, -0.25) is 0 Å². The quantitative estimate of drug-likeness (QED) is 0.912. The Balaban J connectivity index is 1.58. The second-order valence-corrected chi connectivity index (χ2v) is 7.85. The van der Waals surface area contributed by atoms with E-state index in [1.54, 1.807) is 0 Å². The predicted octanol–water partition coefficient (Wildman–Crippen LogP) is 2.17. The van der Waals surface area contributed by atoms with E-state index < -0.39 is 10.0 Å². The van der Waals surface area contributed by atoms with Crippen molar-refractivity contribution in [3.05, 3.63) is 60.2 Å². The Morgan fingerprint density at radius 2 is 1.72 bits per heavy atom. The SMILES string of the molecule is O=S1(=O)CCN2CCNC(c3ccc(Oc4ccccc4)cc3)C2=N1. The molecule has 0 aromatic heterocycles. The third kappa shape index (κ3) is 3.52. The average molecular weight is 357 g/mol. The molecule has 0 amide bonds. The van der Waals surface area contributed by atoms with Gasteiger partial charge in [-0.1, -0.05) is 30.3 Å². The summed E-state index contributed by atoms with van der Waals surface area (Å²) < 4.78 is 33.6. The number of rotatable bonds is 3. The van der Waals surface area contributed by atoms with E-state index in [4.69, 9.17) is 4.74 Å². The zero-order chi connectivity index (χ0) is 17.3. The smallest absolute Gasteiger partial charge is 0.256 e. The number of nitrogens with one attached hydrogen (secondary N) is 1. The first-order valence-corrected chi connectivity index (χ1v) is 9.85. The van der Waals surface area contributed by atoms with Gasteiger partial charge in [0.15, 0.2) is 0 Å². The first kappa shape index (κ1) is 16.1. The second-order valence-electron chi connectivity index (χ2n) is 6.09. The number of fused-ring (bicyclic) bond motifs is 1. The molecule has 1 saturated heterocycles. The van der Waals surface area contributed by atoms with E-state index >= 15 is 0 Å². The molecule has 25 heavy (non-hydrogen) atoms. The lowest BCUT2D eigenvalue weighted by Crippen LogP contribution is -2.53. The van der Waals surface area contributed by atoms with Crippen molar-refractivity contribution in [2.75, 3.05) is 25.4 Å². The maximum absolute atomic E-state index is 11.9. The van der Waals surface area contributed by atoms with Gasteiger partial charge in [-0.2, -0.15) is 0 Å². The van der Waals surface area contributed by atoms with Gasteiger partial charge >= 0.3 is 0 Å². The van der Waals surface area contributed by atoms with E-state index in [0.29, 0.717) is 12.4 Å². The zero-order valence-electron chi connectivity index (χ0n) is 13.6. The highest BCUT2D eigenvalue weighted by Gasteiger charge is 2.33. The molecule has 130 valence electrons. The fourth-order valence-corrected chi connectivity index (χ4v) is 4.15. The monoisotopic (exact) mass is 357 g/mol. The molecular weight excluding hydrogens is 338 g/mol. The van der Waals surface area contributed by atoms with Crippen molar-refractivity contribution in [2.24, 2.45) is 4.40 Å². The fourth-order valence-electron chi connectivity index (χ4n) is 3.10. The van der Waals surface area contributed by atoms with Gasteiger partial charge in [-0.05, 0) is 29.8 Å². The van der Waals surface area contributed by atoms with Crippen LogP contribution in [-0.4, -0.2) is 44.5 Å². The number of ether oxygens (including phenoxy) is 1. The normalized spacial score (nSPS) is 22.0. The molecule has 1 unspecified atom stereocenters. The second kappa shape index (κ2) is 6.50. The Bertz CT molecular complexity index is 880.